The third kappa shape index (κ3) is 4.29. The van der Waals surface area contributed by atoms with E-state index in [9.17, 15) is 13.6 Å². The molecule has 0 bridgehead atoms. The lowest BCUT2D eigenvalue weighted by Gasteiger charge is -2.04. The first-order chi connectivity index (χ1) is 10.5. The van der Waals surface area contributed by atoms with Crippen LogP contribution >= 0.6 is 23.2 Å². The Morgan fingerprint density at radius 3 is 2.41 bits per heavy atom. The van der Waals surface area contributed by atoms with E-state index >= 15 is 0 Å². The lowest BCUT2D eigenvalue weighted by Crippen LogP contribution is -2.02. The number of hydrogen-bond acceptors (Lipinski definition) is 2. The van der Waals surface area contributed by atoms with E-state index in [1.807, 2.05) is 0 Å². The molecule has 0 atom stereocenters. The second kappa shape index (κ2) is 7.38. The molecule has 22 heavy (non-hydrogen) atoms. The van der Waals surface area contributed by atoms with Crippen LogP contribution in [0.15, 0.2) is 48.5 Å². The molecule has 0 aliphatic carbocycles. The summed E-state index contributed by atoms with van der Waals surface area (Å²) in [6, 6.07) is 10.5. The van der Waals surface area contributed by atoms with Crippen molar-refractivity contribution in [1.29, 1.82) is 0 Å². The number of ketones is 1. The van der Waals surface area contributed by atoms with Crippen LogP contribution in [-0.2, 0) is 0 Å². The zero-order valence-corrected chi connectivity index (χ0v) is 12.6. The van der Waals surface area contributed by atoms with Gasteiger partial charge in [-0.2, -0.15) is 8.78 Å². The van der Waals surface area contributed by atoms with Crippen LogP contribution in [0.4, 0.5) is 8.78 Å². The van der Waals surface area contributed by atoms with Crippen LogP contribution in [0.1, 0.15) is 15.9 Å². The quantitative estimate of drug-likeness (QED) is 0.530. The summed E-state index contributed by atoms with van der Waals surface area (Å²) in [6.07, 6.45) is 2.88. The van der Waals surface area contributed by atoms with Gasteiger partial charge in [-0.1, -0.05) is 35.3 Å². The number of benzene rings is 2. The second-order valence-electron chi connectivity index (χ2n) is 4.24. The lowest BCUT2D eigenvalue weighted by molar-refractivity contribution is -0.0498. The molecule has 0 saturated carbocycles. The Balaban J connectivity index is 2.11. The molecule has 2 rings (SSSR count). The van der Waals surface area contributed by atoms with Crippen LogP contribution in [-0.4, -0.2) is 12.4 Å². The van der Waals surface area contributed by atoms with Crippen LogP contribution < -0.4 is 4.74 Å². The number of allylic oxidation sites excluding steroid dienone is 1. The first-order valence-corrected chi connectivity index (χ1v) is 6.94. The molecule has 0 aliphatic rings. The Hall–Kier alpha value is -1.91. The van der Waals surface area contributed by atoms with Crippen molar-refractivity contribution >= 4 is 35.1 Å². The Bertz CT molecular complexity index is 698. The molecular formula is C16H10Cl2F2O2. The van der Waals surface area contributed by atoms with Gasteiger partial charge in [0.1, 0.15) is 5.75 Å². The molecule has 114 valence electrons. The molecule has 0 heterocycles. The number of carbonyl (C=O) groups is 1. The number of ether oxygens (including phenoxy) is 1. The fraction of sp³-hybridized carbons (Fsp3) is 0.0625. The zero-order valence-electron chi connectivity index (χ0n) is 11.1. The third-order valence-corrected chi connectivity index (χ3v) is 3.59. The summed E-state index contributed by atoms with van der Waals surface area (Å²) in [5.74, 6) is -0.298. The predicted octanol–water partition coefficient (Wildman–Crippen LogP) is 5.49. The molecule has 0 unspecified atom stereocenters. The van der Waals surface area contributed by atoms with Crippen molar-refractivity contribution in [2.45, 2.75) is 6.61 Å². The van der Waals surface area contributed by atoms with Gasteiger partial charge in [-0.05, 0) is 48.0 Å². The summed E-state index contributed by atoms with van der Waals surface area (Å²) < 4.78 is 28.3. The first-order valence-electron chi connectivity index (χ1n) is 6.18. The second-order valence-corrected chi connectivity index (χ2v) is 5.03. The highest BCUT2D eigenvalue weighted by atomic mass is 35.5. The molecule has 0 saturated heterocycles. The van der Waals surface area contributed by atoms with Crippen molar-refractivity contribution in [3.8, 4) is 5.75 Å². The average Bonchev–Trinajstić information content (AvgIpc) is 2.48. The Morgan fingerprint density at radius 1 is 1.09 bits per heavy atom. The molecule has 2 nitrogen and oxygen atoms in total. The van der Waals surface area contributed by atoms with Gasteiger partial charge in [0.15, 0.2) is 5.78 Å². The topological polar surface area (TPSA) is 26.3 Å². The van der Waals surface area contributed by atoms with E-state index in [0.29, 0.717) is 21.2 Å². The molecule has 2 aromatic rings. The summed E-state index contributed by atoms with van der Waals surface area (Å²) in [4.78, 5) is 12.0. The summed E-state index contributed by atoms with van der Waals surface area (Å²) in [5.41, 5.74) is 0.955. The van der Waals surface area contributed by atoms with Gasteiger partial charge in [-0.3, -0.25) is 4.79 Å². The van der Waals surface area contributed by atoms with E-state index in [4.69, 9.17) is 23.2 Å². The maximum atomic E-state index is 12.0. The third-order valence-electron chi connectivity index (χ3n) is 2.76. The Labute approximate surface area is 135 Å². The fourth-order valence-electron chi connectivity index (χ4n) is 1.71. The molecule has 0 N–H and O–H groups in total. The average molecular weight is 343 g/mol. The van der Waals surface area contributed by atoms with Crippen molar-refractivity contribution in [2.24, 2.45) is 0 Å². The smallest absolute Gasteiger partial charge is 0.387 e. The van der Waals surface area contributed by atoms with E-state index in [2.05, 4.69) is 4.74 Å². The number of alkyl halides is 2. The predicted molar refractivity (Wildman–Crippen MR) is 82.9 cm³/mol. The van der Waals surface area contributed by atoms with Gasteiger partial charge in [0.25, 0.3) is 0 Å². The highest BCUT2D eigenvalue weighted by molar-refractivity contribution is 6.42. The van der Waals surface area contributed by atoms with E-state index in [1.54, 1.807) is 24.3 Å². The maximum absolute atomic E-state index is 12.0. The molecule has 0 spiro atoms. The van der Waals surface area contributed by atoms with E-state index in [-0.39, 0.29) is 11.5 Å². The molecule has 0 amide bonds. The Kier molecular flexibility index (Phi) is 5.52. The van der Waals surface area contributed by atoms with Crippen molar-refractivity contribution < 1.29 is 18.3 Å². The van der Waals surface area contributed by atoms with Crippen LogP contribution in [0, 0.1) is 0 Å². The highest BCUT2D eigenvalue weighted by Crippen LogP contribution is 2.26. The monoisotopic (exact) mass is 342 g/mol. The molecular weight excluding hydrogens is 333 g/mol. The normalized spacial score (nSPS) is 11.1. The van der Waals surface area contributed by atoms with Crippen LogP contribution in [0.3, 0.4) is 0 Å². The van der Waals surface area contributed by atoms with Crippen LogP contribution in [0.2, 0.25) is 10.0 Å². The van der Waals surface area contributed by atoms with Gasteiger partial charge < -0.3 is 4.74 Å². The Morgan fingerprint density at radius 2 is 1.77 bits per heavy atom. The van der Waals surface area contributed by atoms with Crippen molar-refractivity contribution in [2.75, 3.05) is 0 Å². The van der Waals surface area contributed by atoms with Crippen LogP contribution in [0.25, 0.3) is 6.08 Å². The van der Waals surface area contributed by atoms with E-state index < -0.39 is 6.61 Å². The number of carbonyl (C=O) groups excluding carboxylic acids is 1. The van der Waals surface area contributed by atoms with Gasteiger partial charge in [0, 0.05) is 5.56 Å². The van der Waals surface area contributed by atoms with Gasteiger partial charge in [-0.15, -0.1) is 0 Å². The summed E-state index contributed by atoms with van der Waals surface area (Å²) in [7, 11) is 0. The largest absolute Gasteiger partial charge is 0.435 e. The minimum absolute atomic E-state index is 0.00610. The minimum atomic E-state index is -2.90. The van der Waals surface area contributed by atoms with Gasteiger partial charge in [-0.25, -0.2) is 0 Å². The maximum Gasteiger partial charge on any atom is 0.387 e. The SMILES string of the molecule is O=C(C=Cc1cccc(Cl)c1Cl)c1ccc(OC(F)F)cc1. The summed E-state index contributed by atoms with van der Waals surface area (Å²) in [6.45, 7) is -2.90. The van der Waals surface area contributed by atoms with E-state index in [1.165, 1.54) is 30.3 Å². The molecule has 0 fully saturated rings. The molecule has 0 aliphatic heterocycles. The lowest BCUT2D eigenvalue weighted by atomic mass is 10.1. The summed E-state index contributed by atoms with van der Waals surface area (Å²) in [5, 5.41) is 0.749. The van der Waals surface area contributed by atoms with Gasteiger partial charge in [0.2, 0.25) is 0 Å². The van der Waals surface area contributed by atoms with Crippen molar-refractivity contribution in [3.05, 3.63) is 69.7 Å². The van der Waals surface area contributed by atoms with Crippen molar-refractivity contribution in [3.63, 3.8) is 0 Å². The van der Waals surface area contributed by atoms with E-state index in [0.717, 1.165) is 0 Å². The number of hydrogen-bond donors (Lipinski definition) is 0. The molecule has 0 radical (unpaired) electrons. The first kappa shape index (κ1) is 16.5. The number of halogens is 4. The fourth-order valence-corrected chi connectivity index (χ4v) is 2.08. The van der Waals surface area contributed by atoms with Crippen molar-refractivity contribution in [1.82, 2.24) is 0 Å². The minimum Gasteiger partial charge on any atom is -0.435 e. The standard InChI is InChI=1S/C16H10Cl2F2O2/c17-13-3-1-2-11(15(13)18)6-9-14(21)10-4-7-12(8-5-10)22-16(19)20/h1-9,16H. The zero-order chi connectivity index (χ0) is 16.1. The van der Waals surface area contributed by atoms with Crippen LogP contribution in [0.5, 0.6) is 5.75 Å². The molecule has 0 aromatic heterocycles. The molecule has 6 heteroatoms. The highest BCUT2D eigenvalue weighted by Gasteiger charge is 2.07. The summed E-state index contributed by atoms with van der Waals surface area (Å²) >= 11 is 11.9. The van der Waals surface area contributed by atoms with Gasteiger partial charge in [0.05, 0.1) is 10.0 Å². The number of rotatable bonds is 5. The van der Waals surface area contributed by atoms with Gasteiger partial charge >= 0.3 is 6.61 Å². The molecule has 2 aromatic carbocycles.